The minimum Gasteiger partial charge on any atom is -0.398 e. The van der Waals surface area contributed by atoms with Gasteiger partial charge in [-0.2, -0.15) is 11.8 Å². The van der Waals surface area contributed by atoms with Gasteiger partial charge in [0.25, 0.3) is 5.91 Å². The molecule has 1 fully saturated rings. The summed E-state index contributed by atoms with van der Waals surface area (Å²) in [4.78, 5) is 14.2. The Morgan fingerprint density at radius 3 is 3.06 bits per heavy atom. The number of nitrogens with two attached hydrogens (primary N) is 1. The van der Waals surface area contributed by atoms with Crippen molar-refractivity contribution in [2.24, 2.45) is 0 Å². The average molecular weight is 315 g/mol. The molecule has 3 nitrogen and oxygen atoms in total. The van der Waals surface area contributed by atoms with E-state index in [1.54, 1.807) is 12.1 Å². The van der Waals surface area contributed by atoms with Crippen molar-refractivity contribution in [1.29, 1.82) is 0 Å². The Kier molecular flexibility index (Phi) is 3.99. The molecule has 1 unspecified atom stereocenters. The second-order valence-electron chi connectivity index (χ2n) is 4.16. The number of hydrogen-bond donors (Lipinski definition) is 1. The normalized spacial score (nSPS) is 20.4. The lowest BCUT2D eigenvalue weighted by atomic mass is 10.1. The van der Waals surface area contributed by atoms with Gasteiger partial charge in [-0.3, -0.25) is 4.79 Å². The highest BCUT2D eigenvalue weighted by Gasteiger charge is 2.23. The average Bonchev–Trinajstić information content (AvgIpc) is 2.31. The molecule has 2 rings (SSSR count). The van der Waals surface area contributed by atoms with Crippen molar-refractivity contribution >= 4 is 39.3 Å². The maximum absolute atomic E-state index is 12.3. The van der Waals surface area contributed by atoms with Crippen LogP contribution in [0.5, 0.6) is 0 Å². The second kappa shape index (κ2) is 5.31. The number of carbonyl (C=O) groups is 1. The van der Waals surface area contributed by atoms with Crippen molar-refractivity contribution in [2.45, 2.75) is 12.2 Å². The molecule has 5 heteroatoms. The van der Waals surface area contributed by atoms with Crippen LogP contribution in [0.25, 0.3) is 0 Å². The molecule has 17 heavy (non-hydrogen) atoms. The second-order valence-corrected chi connectivity index (χ2v) is 6.63. The summed E-state index contributed by atoms with van der Waals surface area (Å²) in [5.74, 6) is 1.04. The Balaban J connectivity index is 2.21. The van der Waals surface area contributed by atoms with E-state index in [0.717, 1.165) is 23.3 Å². The minimum absolute atomic E-state index is 0.0379. The van der Waals surface area contributed by atoms with Gasteiger partial charge in [0.1, 0.15) is 0 Å². The van der Waals surface area contributed by atoms with Gasteiger partial charge in [-0.25, -0.2) is 0 Å². The van der Waals surface area contributed by atoms with Gasteiger partial charge >= 0.3 is 0 Å². The quantitative estimate of drug-likeness (QED) is 0.810. The van der Waals surface area contributed by atoms with Crippen LogP contribution in [-0.4, -0.2) is 34.9 Å². The first-order chi connectivity index (χ1) is 8.08. The van der Waals surface area contributed by atoms with Crippen molar-refractivity contribution in [3.63, 3.8) is 0 Å². The molecule has 1 amide bonds. The highest BCUT2D eigenvalue weighted by atomic mass is 79.9. The molecule has 1 aliphatic rings. The van der Waals surface area contributed by atoms with Crippen molar-refractivity contribution < 1.29 is 4.79 Å². The first-order valence-corrected chi connectivity index (χ1v) is 7.38. The molecule has 0 saturated carbocycles. The van der Waals surface area contributed by atoms with Crippen LogP contribution in [-0.2, 0) is 0 Å². The number of anilines is 1. The highest BCUT2D eigenvalue weighted by Crippen LogP contribution is 2.23. The molecule has 1 heterocycles. The molecule has 0 aromatic heterocycles. The highest BCUT2D eigenvalue weighted by molar-refractivity contribution is 9.10. The Labute approximate surface area is 114 Å². The molecule has 2 N–H and O–H groups in total. The summed E-state index contributed by atoms with van der Waals surface area (Å²) >= 11 is 5.28. The Hall–Kier alpha value is -0.680. The predicted molar refractivity (Wildman–Crippen MR) is 76.4 cm³/mol. The van der Waals surface area contributed by atoms with Crippen molar-refractivity contribution in [2.75, 3.05) is 24.6 Å². The zero-order valence-electron chi connectivity index (χ0n) is 9.65. The van der Waals surface area contributed by atoms with Crippen LogP contribution in [0.4, 0.5) is 5.69 Å². The monoisotopic (exact) mass is 314 g/mol. The first kappa shape index (κ1) is 12.8. The van der Waals surface area contributed by atoms with Gasteiger partial charge in [0.2, 0.25) is 0 Å². The molecule has 0 spiro atoms. The fourth-order valence-corrected chi connectivity index (χ4v) is 3.26. The molecule has 1 saturated heterocycles. The molecule has 1 aromatic carbocycles. The summed E-state index contributed by atoms with van der Waals surface area (Å²) in [7, 11) is 0. The molecule has 0 radical (unpaired) electrons. The molecule has 92 valence electrons. The van der Waals surface area contributed by atoms with Crippen LogP contribution < -0.4 is 5.73 Å². The van der Waals surface area contributed by atoms with Gasteiger partial charge in [0, 0.05) is 34.3 Å². The molecule has 0 bridgehead atoms. The lowest BCUT2D eigenvalue weighted by Gasteiger charge is -2.31. The number of halogens is 1. The summed E-state index contributed by atoms with van der Waals surface area (Å²) < 4.78 is 0.884. The van der Waals surface area contributed by atoms with Gasteiger partial charge < -0.3 is 10.6 Å². The third kappa shape index (κ3) is 2.96. The third-order valence-corrected chi connectivity index (χ3v) is 4.40. The number of hydrogen-bond acceptors (Lipinski definition) is 3. The van der Waals surface area contributed by atoms with E-state index in [0.29, 0.717) is 16.5 Å². The van der Waals surface area contributed by atoms with E-state index in [4.69, 9.17) is 5.73 Å². The molecular formula is C12H15BrN2OS. The number of nitrogens with zero attached hydrogens (tertiary/aromatic N) is 1. The molecule has 1 aromatic rings. The van der Waals surface area contributed by atoms with Gasteiger partial charge in [0.05, 0.1) is 5.56 Å². The number of amides is 1. The maximum Gasteiger partial charge on any atom is 0.256 e. The van der Waals surface area contributed by atoms with E-state index < -0.39 is 0 Å². The number of rotatable bonds is 1. The summed E-state index contributed by atoms with van der Waals surface area (Å²) in [6.45, 7) is 3.75. The number of thioether (sulfide) groups is 1. The van der Waals surface area contributed by atoms with E-state index in [-0.39, 0.29) is 5.91 Å². The Morgan fingerprint density at radius 2 is 2.35 bits per heavy atom. The maximum atomic E-state index is 12.3. The van der Waals surface area contributed by atoms with Crippen molar-refractivity contribution in [1.82, 2.24) is 4.90 Å². The van der Waals surface area contributed by atoms with E-state index in [9.17, 15) is 4.79 Å². The topological polar surface area (TPSA) is 46.3 Å². The number of carbonyl (C=O) groups excluding carboxylic acids is 1. The summed E-state index contributed by atoms with van der Waals surface area (Å²) in [5, 5.41) is 0.501. The summed E-state index contributed by atoms with van der Waals surface area (Å²) in [6.07, 6.45) is 0. The first-order valence-electron chi connectivity index (χ1n) is 5.54. The largest absolute Gasteiger partial charge is 0.398 e. The van der Waals surface area contributed by atoms with Crippen LogP contribution in [0.2, 0.25) is 0 Å². The molecule has 1 atom stereocenters. The summed E-state index contributed by atoms with van der Waals surface area (Å²) in [5.41, 5.74) is 7.00. The SMILES string of the molecule is CC1CN(C(=O)c2cc(Br)ccc2N)CCS1. The number of nitrogen functional groups attached to an aromatic ring is 1. The minimum atomic E-state index is 0.0379. The van der Waals surface area contributed by atoms with E-state index in [2.05, 4.69) is 22.9 Å². The lowest BCUT2D eigenvalue weighted by molar-refractivity contribution is 0.0764. The molecule has 1 aliphatic heterocycles. The third-order valence-electron chi connectivity index (χ3n) is 2.77. The van der Waals surface area contributed by atoms with Crippen LogP contribution >= 0.6 is 27.7 Å². The molecular weight excluding hydrogens is 300 g/mol. The van der Waals surface area contributed by atoms with Gasteiger partial charge in [-0.05, 0) is 18.2 Å². The van der Waals surface area contributed by atoms with E-state index in [1.165, 1.54) is 0 Å². The Bertz CT molecular complexity index is 439. The number of benzene rings is 1. The van der Waals surface area contributed by atoms with E-state index >= 15 is 0 Å². The van der Waals surface area contributed by atoms with E-state index in [1.807, 2.05) is 22.7 Å². The van der Waals surface area contributed by atoms with Crippen LogP contribution in [0.1, 0.15) is 17.3 Å². The fourth-order valence-electron chi connectivity index (χ4n) is 1.89. The van der Waals surface area contributed by atoms with Gasteiger partial charge in [-0.1, -0.05) is 22.9 Å². The zero-order chi connectivity index (χ0) is 12.4. The molecule has 0 aliphatic carbocycles. The Morgan fingerprint density at radius 1 is 1.59 bits per heavy atom. The van der Waals surface area contributed by atoms with Gasteiger partial charge in [-0.15, -0.1) is 0 Å². The fraction of sp³-hybridized carbons (Fsp3) is 0.417. The lowest BCUT2D eigenvalue weighted by Crippen LogP contribution is -2.41. The van der Waals surface area contributed by atoms with Crippen LogP contribution in [0.3, 0.4) is 0 Å². The summed E-state index contributed by atoms with van der Waals surface area (Å²) in [6, 6.07) is 5.41. The van der Waals surface area contributed by atoms with Crippen LogP contribution in [0.15, 0.2) is 22.7 Å². The predicted octanol–water partition coefficient (Wildman–Crippen LogP) is 2.61. The van der Waals surface area contributed by atoms with Crippen molar-refractivity contribution in [3.05, 3.63) is 28.2 Å². The zero-order valence-corrected chi connectivity index (χ0v) is 12.1. The van der Waals surface area contributed by atoms with Gasteiger partial charge in [0.15, 0.2) is 0 Å². The van der Waals surface area contributed by atoms with Crippen molar-refractivity contribution in [3.8, 4) is 0 Å². The smallest absolute Gasteiger partial charge is 0.256 e. The standard InChI is InChI=1S/C12H15BrN2OS/c1-8-7-15(4-5-17-8)12(16)10-6-9(13)2-3-11(10)14/h2-3,6,8H,4-5,7,14H2,1H3. The van der Waals surface area contributed by atoms with Crippen LogP contribution in [0, 0.1) is 0 Å².